The SMILES string of the molecule is CC(NC(=O)c1ccc(COc2ccc(C(C)(C)c3ccccc3)cc2)o1)c1cccc(-n2cccc2)c1. The first-order chi connectivity index (χ1) is 18.4. The first kappa shape index (κ1) is 25.2. The molecule has 2 aromatic heterocycles. The highest BCUT2D eigenvalue weighted by molar-refractivity contribution is 5.91. The van der Waals surface area contributed by atoms with E-state index in [4.69, 9.17) is 9.15 Å². The summed E-state index contributed by atoms with van der Waals surface area (Å²) in [6, 6.07) is 33.9. The van der Waals surface area contributed by atoms with E-state index in [0.717, 1.165) is 17.0 Å². The number of nitrogens with one attached hydrogen (secondary N) is 1. The Morgan fingerprint density at radius 2 is 1.58 bits per heavy atom. The molecule has 0 aliphatic rings. The standard InChI is InChI=1S/C33H32N2O3/c1-24(25-10-9-13-28(22-25)35-20-7-8-21-35)34-32(36)31-19-18-30(38-31)23-37-29-16-14-27(15-17-29)33(2,3)26-11-5-4-6-12-26/h4-22,24H,23H2,1-3H3,(H,34,36). The van der Waals surface area contributed by atoms with Gasteiger partial charge in [-0.25, -0.2) is 0 Å². The van der Waals surface area contributed by atoms with Crippen LogP contribution in [0.4, 0.5) is 0 Å². The summed E-state index contributed by atoms with van der Waals surface area (Å²) in [6.45, 7) is 6.63. The van der Waals surface area contributed by atoms with Gasteiger partial charge in [0, 0.05) is 23.5 Å². The highest BCUT2D eigenvalue weighted by atomic mass is 16.5. The minimum atomic E-state index is -0.261. The van der Waals surface area contributed by atoms with E-state index < -0.39 is 0 Å². The molecule has 0 fully saturated rings. The molecule has 0 spiro atoms. The Labute approximate surface area is 223 Å². The maximum absolute atomic E-state index is 12.8. The van der Waals surface area contributed by atoms with Crippen LogP contribution in [0.1, 0.15) is 59.8 Å². The van der Waals surface area contributed by atoms with Crippen molar-refractivity contribution in [2.75, 3.05) is 0 Å². The zero-order valence-electron chi connectivity index (χ0n) is 21.9. The number of aromatic nitrogens is 1. The van der Waals surface area contributed by atoms with E-state index in [2.05, 4.69) is 61.6 Å². The van der Waals surface area contributed by atoms with E-state index in [9.17, 15) is 4.79 Å². The van der Waals surface area contributed by atoms with Gasteiger partial charge >= 0.3 is 0 Å². The van der Waals surface area contributed by atoms with E-state index in [1.807, 2.05) is 72.4 Å². The van der Waals surface area contributed by atoms with E-state index in [1.165, 1.54) is 11.1 Å². The van der Waals surface area contributed by atoms with Gasteiger partial charge in [0.1, 0.15) is 18.1 Å². The van der Waals surface area contributed by atoms with Crippen LogP contribution in [0.3, 0.4) is 0 Å². The van der Waals surface area contributed by atoms with Crippen LogP contribution in [0.25, 0.3) is 5.69 Å². The predicted octanol–water partition coefficient (Wildman–Crippen LogP) is 7.47. The Hall–Kier alpha value is -4.51. The molecule has 0 aliphatic heterocycles. The second-order valence-corrected chi connectivity index (χ2v) is 9.95. The third kappa shape index (κ3) is 5.57. The summed E-state index contributed by atoms with van der Waals surface area (Å²) in [4.78, 5) is 12.8. The zero-order valence-corrected chi connectivity index (χ0v) is 21.9. The number of amides is 1. The van der Waals surface area contributed by atoms with Crippen molar-refractivity contribution >= 4 is 5.91 Å². The highest BCUT2D eigenvalue weighted by Crippen LogP contribution is 2.32. The molecule has 5 aromatic rings. The summed E-state index contributed by atoms with van der Waals surface area (Å²) in [6.07, 6.45) is 3.99. The molecule has 0 saturated carbocycles. The number of benzene rings is 3. The average Bonchev–Trinajstić information content (AvgIpc) is 3.66. The Morgan fingerprint density at radius 1 is 0.868 bits per heavy atom. The van der Waals surface area contributed by atoms with E-state index >= 15 is 0 Å². The molecular weight excluding hydrogens is 472 g/mol. The van der Waals surface area contributed by atoms with Gasteiger partial charge in [0.2, 0.25) is 0 Å². The molecule has 38 heavy (non-hydrogen) atoms. The third-order valence-electron chi connectivity index (χ3n) is 6.96. The van der Waals surface area contributed by atoms with Crippen LogP contribution in [-0.2, 0) is 12.0 Å². The molecule has 1 amide bonds. The third-order valence-corrected chi connectivity index (χ3v) is 6.96. The van der Waals surface area contributed by atoms with Crippen LogP contribution >= 0.6 is 0 Å². The van der Waals surface area contributed by atoms with Crippen molar-refractivity contribution in [3.8, 4) is 11.4 Å². The van der Waals surface area contributed by atoms with Gasteiger partial charge in [-0.05, 0) is 72.1 Å². The molecule has 1 unspecified atom stereocenters. The van der Waals surface area contributed by atoms with Gasteiger partial charge in [-0.15, -0.1) is 0 Å². The van der Waals surface area contributed by atoms with Crippen molar-refractivity contribution in [1.29, 1.82) is 0 Å². The van der Waals surface area contributed by atoms with Gasteiger partial charge in [0.05, 0.1) is 6.04 Å². The molecule has 1 atom stereocenters. The number of carbonyl (C=O) groups excluding carboxylic acids is 1. The number of furan rings is 1. The van der Waals surface area contributed by atoms with Gasteiger partial charge < -0.3 is 19.0 Å². The summed E-state index contributed by atoms with van der Waals surface area (Å²) >= 11 is 0. The van der Waals surface area contributed by atoms with Crippen LogP contribution in [0.15, 0.2) is 120 Å². The average molecular weight is 505 g/mol. The Balaban J connectivity index is 1.17. The number of rotatable bonds is 9. The fourth-order valence-corrected chi connectivity index (χ4v) is 4.53. The molecule has 2 heterocycles. The topological polar surface area (TPSA) is 56.4 Å². The second kappa shape index (κ2) is 10.9. The smallest absolute Gasteiger partial charge is 0.287 e. The maximum Gasteiger partial charge on any atom is 0.287 e. The molecule has 192 valence electrons. The van der Waals surface area contributed by atoms with Crippen molar-refractivity contribution in [2.45, 2.75) is 38.8 Å². The van der Waals surface area contributed by atoms with Gasteiger partial charge in [0.15, 0.2) is 5.76 Å². The lowest BCUT2D eigenvalue weighted by molar-refractivity contribution is 0.0907. The number of hydrogen-bond acceptors (Lipinski definition) is 3. The highest BCUT2D eigenvalue weighted by Gasteiger charge is 2.22. The summed E-state index contributed by atoms with van der Waals surface area (Å²) in [5, 5.41) is 3.02. The molecule has 1 N–H and O–H groups in total. The summed E-state index contributed by atoms with van der Waals surface area (Å²) in [7, 11) is 0. The molecule has 5 nitrogen and oxygen atoms in total. The van der Waals surface area contributed by atoms with Crippen molar-refractivity contribution < 1.29 is 13.9 Å². The second-order valence-electron chi connectivity index (χ2n) is 9.95. The molecule has 0 bridgehead atoms. The van der Waals surface area contributed by atoms with Gasteiger partial charge in [-0.2, -0.15) is 0 Å². The quantitative estimate of drug-likeness (QED) is 0.227. The van der Waals surface area contributed by atoms with E-state index in [1.54, 1.807) is 12.1 Å². The van der Waals surface area contributed by atoms with Crippen LogP contribution in [0.5, 0.6) is 5.75 Å². The molecule has 0 aliphatic carbocycles. The van der Waals surface area contributed by atoms with E-state index in [-0.39, 0.29) is 29.7 Å². The minimum absolute atomic E-state index is 0.107. The minimum Gasteiger partial charge on any atom is -0.486 e. The lowest BCUT2D eigenvalue weighted by atomic mass is 9.78. The van der Waals surface area contributed by atoms with Crippen molar-refractivity contribution in [3.63, 3.8) is 0 Å². The van der Waals surface area contributed by atoms with Gasteiger partial charge in [-0.3, -0.25) is 4.79 Å². The maximum atomic E-state index is 12.8. The Kier molecular flexibility index (Phi) is 7.18. The van der Waals surface area contributed by atoms with Crippen LogP contribution in [0.2, 0.25) is 0 Å². The fraction of sp³-hybridized carbons (Fsp3) is 0.182. The van der Waals surface area contributed by atoms with Crippen molar-refractivity contribution in [2.24, 2.45) is 0 Å². The molecule has 0 radical (unpaired) electrons. The van der Waals surface area contributed by atoms with E-state index in [0.29, 0.717) is 5.76 Å². The number of hydrogen-bond donors (Lipinski definition) is 1. The molecule has 0 saturated heterocycles. The zero-order chi connectivity index (χ0) is 26.5. The molecular formula is C33H32N2O3. The van der Waals surface area contributed by atoms with Crippen LogP contribution in [-0.4, -0.2) is 10.5 Å². The van der Waals surface area contributed by atoms with Crippen molar-refractivity contribution in [3.05, 3.63) is 144 Å². The number of carbonyl (C=O) groups is 1. The fourth-order valence-electron chi connectivity index (χ4n) is 4.53. The summed E-state index contributed by atoms with van der Waals surface area (Å²) < 4.78 is 13.7. The van der Waals surface area contributed by atoms with Gasteiger partial charge in [-0.1, -0.05) is 68.4 Å². The monoisotopic (exact) mass is 504 g/mol. The Morgan fingerprint density at radius 3 is 2.32 bits per heavy atom. The molecule has 3 aromatic carbocycles. The summed E-state index contributed by atoms with van der Waals surface area (Å²) in [5.74, 6) is 1.34. The van der Waals surface area contributed by atoms with Crippen molar-refractivity contribution in [1.82, 2.24) is 9.88 Å². The van der Waals surface area contributed by atoms with Crippen LogP contribution in [0, 0.1) is 0 Å². The largest absolute Gasteiger partial charge is 0.486 e. The first-order valence-electron chi connectivity index (χ1n) is 12.8. The van der Waals surface area contributed by atoms with Gasteiger partial charge in [0.25, 0.3) is 5.91 Å². The predicted molar refractivity (Wildman–Crippen MR) is 150 cm³/mol. The number of nitrogens with zero attached hydrogens (tertiary/aromatic N) is 1. The lowest BCUT2D eigenvalue weighted by Gasteiger charge is -2.26. The first-order valence-corrected chi connectivity index (χ1v) is 12.8. The number of ether oxygens (including phenoxy) is 1. The summed E-state index contributed by atoms with van der Waals surface area (Å²) in [5.41, 5.74) is 4.42. The molecule has 5 rings (SSSR count). The lowest BCUT2D eigenvalue weighted by Crippen LogP contribution is -2.26. The molecule has 5 heteroatoms. The van der Waals surface area contributed by atoms with Crippen LogP contribution < -0.4 is 10.1 Å². The Bertz CT molecular complexity index is 1480. The normalized spacial score (nSPS) is 12.2.